The van der Waals surface area contributed by atoms with Crippen molar-refractivity contribution in [2.45, 2.75) is 11.7 Å². The highest BCUT2D eigenvalue weighted by atomic mass is 32.2. The number of aromatic nitrogens is 2. The normalized spacial score (nSPS) is 24.9. The number of halogens is 1. The molecule has 88 valence electrons. The van der Waals surface area contributed by atoms with Gasteiger partial charge >= 0.3 is 5.69 Å². The molecule has 16 heavy (non-hydrogen) atoms. The number of aromatic amines is 1. The minimum atomic E-state index is -1.05. The number of thioether (sulfide) groups is 1. The zero-order chi connectivity index (χ0) is 11.7. The van der Waals surface area contributed by atoms with E-state index in [-0.39, 0.29) is 6.61 Å². The predicted molar refractivity (Wildman–Crippen MR) is 54.7 cm³/mol. The fourth-order valence-electron chi connectivity index (χ4n) is 1.36. The summed E-state index contributed by atoms with van der Waals surface area (Å²) in [7, 11) is 0. The minimum absolute atomic E-state index is 0.179. The summed E-state index contributed by atoms with van der Waals surface area (Å²) >= 11 is 1.32. The topological polar surface area (TPSA) is 84.3 Å². The molecular formula is C8H9FN2O4S. The fraction of sp³-hybridized carbons (Fsp3) is 0.500. The molecule has 2 atom stereocenters. The van der Waals surface area contributed by atoms with Gasteiger partial charge in [-0.05, 0) is 0 Å². The average molecular weight is 248 g/mol. The van der Waals surface area contributed by atoms with Crippen LogP contribution in [0.25, 0.3) is 0 Å². The van der Waals surface area contributed by atoms with Crippen LogP contribution in [0.4, 0.5) is 4.39 Å². The van der Waals surface area contributed by atoms with Gasteiger partial charge in [-0.2, -0.15) is 4.39 Å². The summed E-state index contributed by atoms with van der Waals surface area (Å²) in [4.78, 5) is 24.0. The van der Waals surface area contributed by atoms with Crippen molar-refractivity contribution >= 4 is 11.8 Å². The van der Waals surface area contributed by atoms with Crippen molar-refractivity contribution in [1.29, 1.82) is 0 Å². The summed E-state index contributed by atoms with van der Waals surface area (Å²) in [5.41, 5.74) is -2.20. The molecule has 0 radical (unpaired) electrons. The van der Waals surface area contributed by atoms with Crippen LogP contribution in [0, 0.1) is 5.82 Å². The standard InChI is InChI=1S/C8H9FN2O4S/c9-4-1-11(8(14)10-7(4)13)5-3-16-6(2-12)15-5/h1,5-6,12H,2-3H2,(H,10,13,14)/t5-,6-/m1/s1. The molecule has 2 heterocycles. The first-order valence-corrected chi connectivity index (χ1v) is 5.55. The fourth-order valence-corrected chi connectivity index (χ4v) is 2.29. The van der Waals surface area contributed by atoms with Gasteiger partial charge in [0.2, 0.25) is 5.82 Å². The molecule has 1 aliphatic heterocycles. The zero-order valence-corrected chi connectivity index (χ0v) is 8.87. The van der Waals surface area contributed by atoms with Gasteiger partial charge in [0.1, 0.15) is 11.7 Å². The maximum atomic E-state index is 13.0. The van der Waals surface area contributed by atoms with Crippen LogP contribution in [0.2, 0.25) is 0 Å². The first-order chi connectivity index (χ1) is 7.61. The predicted octanol–water partition coefficient (Wildman–Crippen LogP) is -0.744. The summed E-state index contributed by atoms with van der Waals surface area (Å²) < 4.78 is 19.2. The lowest BCUT2D eigenvalue weighted by molar-refractivity contribution is -0.00694. The first-order valence-electron chi connectivity index (χ1n) is 4.50. The Labute approximate surface area is 93.1 Å². The Morgan fingerprint density at radius 1 is 1.69 bits per heavy atom. The maximum absolute atomic E-state index is 13.0. The molecule has 0 bridgehead atoms. The van der Waals surface area contributed by atoms with Crippen molar-refractivity contribution < 1.29 is 14.2 Å². The van der Waals surface area contributed by atoms with E-state index in [2.05, 4.69) is 0 Å². The molecule has 0 saturated carbocycles. The van der Waals surface area contributed by atoms with E-state index in [1.807, 2.05) is 4.98 Å². The monoisotopic (exact) mass is 248 g/mol. The number of ether oxygens (including phenoxy) is 1. The highest BCUT2D eigenvalue weighted by Gasteiger charge is 2.27. The first kappa shape index (κ1) is 11.4. The van der Waals surface area contributed by atoms with Crippen LogP contribution in [-0.2, 0) is 4.74 Å². The van der Waals surface area contributed by atoms with E-state index in [9.17, 15) is 14.0 Å². The molecule has 1 aromatic rings. The van der Waals surface area contributed by atoms with Gasteiger partial charge in [0.25, 0.3) is 5.56 Å². The molecule has 1 saturated heterocycles. The third-order valence-corrected chi connectivity index (χ3v) is 3.23. The second-order valence-electron chi connectivity index (χ2n) is 3.18. The number of nitrogens with one attached hydrogen (secondary N) is 1. The molecular weight excluding hydrogens is 239 g/mol. The summed E-state index contributed by atoms with van der Waals surface area (Å²) in [6, 6.07) is 0. The van der Waals surface area contributed by atoms with Gasteiger partial charge in [0, 0.05) is 5.75 Å². The molecule has 0 aromatic carbocycles. The Kier molecular flexibility index (Phi) is 3.13. The Hall–Kier alpha value is -1.12. The van der Waals surface area contributed by atoms with E-state index in [0.717, 1.165) is 10.8 Å². The van der Waals surface area contributed by atoms with Crippen LogP contribution >= 0.6 is 11.8 Å². The van der Waals surface area contributed by atoms with Crippen LogP contribution < -0.4 is 11.2 Å². The number of hydrogen-bond donors (Lipinski definition) is 2. The molecule has 1 aliphatic rings. The number of nitrogens with zero attached hydrogens (tertiary/aromatic N) is 1. The van der Waals surface area contributed by atoms with E-state index in [1.165, 1.54) is 11.8 Å². The van der Waals surface area contributed by atoms with Crippen LogP contribution in [0.5, 0.6) is 0 Å². The van der Waals surface area contributed by atoms with Gasteiger partial charge in [0.05, 0.1) is 12.8 Å². The van der Waals surface area contributed by atoms with Crippen LogP contribution in [-0.4, -0.2) is 32.5 Å². The molecule has 6 nitrogen and oxygen atoms in total. The third kappa shape index (κ3) is 2.04. The Balaban J connectivity index is 2.32. The highest BCUT2D eigenvalue weighted by Crippen LogP contribution is 2.30. The molecule has 0 spiro atoms. The van der Waals surface area contributed by atoms with Gasteiger partial charge < -0.3 is 9.84 Å². The lowest BCUT2D eigenvalue weighted by Gasteiger charge is -2.13. The molecule has 2 N–H and O–H groups in total. The molecule has 1 fully saturated rings. The SMILES string of the molecule is O=c1[nH]c(=O)n([C@H]2CS[C@H](CO)O2)cc1F. The van der Waals surface area contributed by atoms with Crippen molar-refractivity contribution in [3.8, 4) is 0 Å². The van der Waals surface area contributed by atoms with Crippen molar-refractivity contribution in [1.82, 2.24) is 9.55 Å². The Morgan fingerprint density at radius 3 is 3.06 bits per heavy atom. The molecule has 0 unspecified atom stereocenters. The van der Waals surface area contributed by atoms with Crippen LogP contribution in [0.1, 0.15) is 6.23 Å². The quantitative estimate of drug-likeness (QED) is 0.720. The van der Waals surface area contributed by atoms with E-state index in [0.29, 0.717) is 5.75 Å². The van der Waals surface area contributed by atoms with Crippen LogP contribution in [0.15, 0.2) is 15.8 Å². The second-order valence-corrected chi connectivity index (χ2v) is 4.37. The lowest BCUT2D eigenvalue weighted by atomic mass is 10.5. The number of H-pyrrole nitrogens is 1. The molecule has 0 aliphatic carbocycles. The molecule has 2 rings (SSSR count). The number of hydrogen-bond acceptors (Lipinski definition) is 5. The van der Waals surface area contributed by atoms with E-state index < -0.39 is 28.7 Å². The minimum Gasteiger partial charge on any atom is -0.393 e. The second kappa shape index (κ2) is 4.40. The lowest BCUT2D eigenvalue weighted by Crippen LogP contribution is -2.34. The largest absolute Gasteiger partial charge is 0.393 e. The van der Waals surface area contributed by atoms with Gasteiger partial charge in [-0.3, -0.25) is 14.3 Å². The van der Waals surface area contributed by atoms with Gasteiger partial charge in [-0.25, -0.2) is 4.79 Å². The molecule has 8 heteroatoms. The number of aliphatic hydroxyl groups is 1. The van der Waals surface area contributed by atoms with Gasteiger partial charge in [-0.15, -0.1) is 11.8 Å². The highest BCUT2D eigenvalue weighted by molar-refractivity contribution is 8.00. The van der Waals surface area contributed by atoms with E-state index in [4.69, 9.17) is 9.84 Å². The van der Waals surface area contributed by atoms with Gasteiger partial charge in [0.15, 0.2) is 0 Å². The van der Waals surface area contributed by atoms with E-state index in [1.54, 1.807) is 0 Å². The molecule has 1 aromatic heterocycles. The Bertz CT molecular complexity index is 500. The Morgan fingerprint density at radius 2 is 2.44 bits per heavy atom. The van der Waals surface area contributed by atoms with Crippen molar-refractivity contribution in [2.24, 2.45) is 0 Å². The smallest absolute Gasteiger partial charge is 0.330 e. The van der Waals surface area contributed by atoms with E-state index >= 15 is 0 Å². The van der Waals surface area contributed by atoms with Crippen molar-refractivity contribution in [2.75, 3.05) is 12.4 Å². The summed E-state index contributed by atoms with van der Waals surface area (Å²) in [5.74, 6) is -0.628. The maximum Gasteiger partial charge on any atom is 0.330 e. The number of rotatable bonds is 2. The zero-order valence-electron chi connectivity index (χ0n) is 8.05. The number of aliphatic hydroxyl groups excluding tert-OH is 1. The molecule has 0 amide bonds. The van der Waals surface area contributed by atoms with Crippen molar-refractivity contribution in [3.63, 3.8) is 0 Å². The summed E-state index contributed by atoms with van der Waals surface area (Å²) in [5, 5.41) is 8.83. The van der Waals surface area contributed by atoms with Gasteiger partial charge in [-0.1, -0.05) is 0 Å². The summed E-state index contributed by atoms with van der Waals surface area (Å²) in [6.45, 7) is -0.179. The summed E-state index contributed by atoms with van der Waals surface area (Å²) in [6.07, 6.45) is 0.146. The third-order valence-electron chi connectivity index (χ3n) is 2.12. The average Bonchev–Trinajstić information content (AvgIpc) is 2.71. The van der Waals surface area contributed by atoms with Crippen LogP contribution in [0.3, 0.4) is 0 Å². The van der Waals surface area contributed by atoms with Crippen molar-refractivity contribution in [3.05, 3.63) is 32.9 Å².